The van der Waals surface area contributed by atoms with Gasteiger partial charge in [0.15, 0.2) is 5.78 Å². The molecule has 1 atom stereocenters. The highest BCUT2D eigenvalue weighted by Crippen LogP contribution is 2.11. The molecule has 0 saturated carbocycles. The molecule has 0 spiro atoms. The zero-order valence-corrected chi connectivity index (χ0v) is 12.0. The van der Waals surface area contributed by atoms with Crippen LogP contribution in [0.15, 0.2) is 24.3 Å². The Labute approximate surface area is 110 Å². The Morgan fingerprint density at radius 2 is 1.94 bits per heavy atom. The Morgan fingerprint density at radius 3 is 2.50 bits per heavy atom. The van der Waals surface area contributed by atoms with E-state index in [1.165, 1.54) is 11.1 Å². The van der Waals surface area contributed by atoms with Gasteiger partial charge in [-0.2, -0.15) is 0 Å². The lowest BCUT2D eigenvalue weighted by Gasteiger charge is -2.13. The number of benzene rings is 1. The molecule has 0 fully saturated rings. The minimum Gasteiger partial charge on any atom is -0.309 e. The lowest BCUT2D eigenvalue weighted by molar-refractivity contribution is -0.118. The fourth-order valence-corrected chi connectivity index (χ4v) is 1.85. The molecule has 18 heavy (non-hydrogen) atoms. The summed E-state index contributed by atoms with van der Waals surface area (Å²) in [6, 6.07) is 6.24. The molecule has 0 N–H and O–H groups in total. The van der Waals surface area contributed by atoms with Gasteiger partial charge in [-0.15, -0.1) is 0 Å². The average molecular weight is 245 g/mol. The van der Waals surface area contributed by atoms with Gasteiger partial charge in [-0.25, -0.2) is 0 Å². The summed E-state index contributed by atoms with van der Waals surface area (Å²) in [7, 11) is 3.97. The first kappa shape index (κ1) is 14.7. The molecule has 0 unspecified atom stereocenters. The number of aryl methyl sites for hydroxylation is 2. The SMILES string of the molecule is Cc1ccc(/C=C/C(=O)[C@@H](C)CN(C)C)cc1C. The Hall–Kier alpha value is -1.41. The van der Waals surface area contributed by atoms with Crippen molar-refractivity contribution in [1.29, 1.82) is 0 Å². The van der Waals surface area contributed by atoms with Crippen LogP contribution in [-0.2, 0) is 4.79 Å². The first-order valence-corrected chi connectivity index (χ1v) is 6.34. The Kier molecular flexibility index (Phi) is 5.29. The molecule has 0 aromatic heterocycles. The maximum absolute atomic E-state index is 11.9. The molecule has 0 aliphatic heterocycles. The van der Waals surface area contributed by atoms with E-state index in [-0.39, 0.29) is 11.7 Å². The molecule has 1 rings (SSSR count). The highest BCUT2D eigenvalue weighted by atomic mass is 16.1. The number of ketones is 1. The third kappa shape index (κ3) is 4.46. The van der Waals surface area contributed by atoms with Crippen LogP contribution in [0.4, 0.5) is 0 Å². The van der Waals surface area contributed by atoms with Crippen molar-refractivity contribution in [2.45, 2.75) is 20.8 Å². The van der Waals surface area contributed by atoms with Crippen LogP contribution in [0, 0.1) is 19.8 Å². The molecule has 1 aromatic rings. The minimum absolute atomic E-state index is 0.0443. The molecule has 0 radical (unpaired) electrons. The smallest absolute Gasteiger partial charge is 0.159 e. The van der Waals surface area contributed by atoms with Crippen LogP contribution in [0.25, 0.3) is 6.08 Å². The van der Waals surface area contributed by atoms with Crippen LogP contribution >= 0.6 is 0 Å². The third-order valence-corrected chi connectivity index (χ3v) is 3.10. The number of hydrogen-bond acceptors (Lipinski definition) is 2. The summed E-state index contributed by atoms with van der Waals surface area (Å²) >= 11 is 0. The quantitative estimate of drug-likeness (QED) is 0.743. The van der Waals surface area contributed by atoms with Crippen LogP contribution in [0.5, 0.6) is 0 Å². The van der Waals surface area contributed by atoms with Gasteiger partial charge in [-0.05, 0) is 50.7 Å². The highest BCUT2D eigenvalue weighted by Gasteiger charge is 2.10. The monoisotopic (exact) mass is 245 g/mol. The third-order valence-electron chi connectivity index (χ3n) is 3.10. The van der Waals surface area contributed by atoms with Gasteiger partial charge >= 0.3 is 0 Å². The molecule has 0 aliphatic rings. The molecule has 0 heterocycles. The van der Waals surface area contributed by atoms with Gasteiger partial charge in [0.05, 0.1) is 0 Å². The summed E-state index contributed by atoms with van der Waals surface area (Å²) in [4.78, 5) is 13.9. The van der Waals surface area contributed by atoms with Crippen molar-refractivity contribution >= 4 is 11.9 Å². The largest absolute Gasteiger partial charge is 0.309 e. The number of hydrogen-bond donors (Lipinski definition) is 0. The Bertz CT molecular complexity index is 446. The number of nitrogens with zero attached hydrogens (tertiary/aromatic N) is 1. The number of rotatable bonds is 5. The summed E-state index contributed by atoms with van der Waals surface area (Å²) in [5, 5.41) is 0. The minimum atomic E-state index is 0.0443. The van der Waals surface area contributed by atoms with Crippen molar-refractivity contribution in [2.24, 2.45) is 5.92 Å². The maximum Gasteiger partial charge on any atom is 0.159 e. The van der Waals surface area contributed by atoms with E-state index in [1.807, 2.05) is 38.1 Å². The highest BCUT2D eigenvalue weighted by molar-refractivity contribution is 5.95. The summed E-state index contributed by atoms with van der Waals surface area (Å²) in [6.45, 7) is 6.93. The van der Waals surface area contributed by atoms with E-state index in [1.54, 1.807) is 6.08 Å². The van der Waals surface area contributed by atoms with Gasteiger partial charge in [-0.1, -0.05) is 31.2 Å². The van der Waals surface area contributed by atoms with Crippen molar-refractivity contribution in [1.82, 2.24) is 4.90 Å². The summed E-state index contributed by atoms with van der Waals surface area (Å²) in [5.41, 5.74) is 3.62. The van der Waals surface area contributed by atoms with Crippen molar-refractivity contribution in [3.63, 3.8) is 0 Å². The van der Waals surface area contributed by atoms with Gasteiger partial charge < -0.3 is 4.90 Å². The van der Waals surface area contributed by atoms with Crippen LogP contribution < -0.4 is 0 Å². The number of carbonyl (C=O) groups is 1. The lowest BCUT2D eigenvalue weighted by atomic mass is 10.0. The van der Waals surface area contributed by atoms with Crippen LogP contribution in [0.2, 0.25) is 0 Å². The normalized spacial score (nSPS) is 13.2. The summed E-state index contributed by atoms with van der Waals surface area (Å²) in [5.74, 6) is 0.227. The zero-order valence-electron chi connectivity index (χ0n) is 12.0. The molecule has 0 aliphatic carbocycles. The topological polar surface area (TPSA) is 20.3 Å². The Balaban J connectivity index is 2.68. The van der Waals surface area contributed by atoms with Crippen molar-refractivity contribution in [2.75, 3.05) is 20.6 Å². The van der Waals surface area contributed by atoms with E-state index in [9.17, 15) is 4.79 Å². The molecule has 0 saturated heterocycles. The number of carbonyl (C=O) groups excluding carboxylic acids is 1. The van der Waals surface area contributed by atoms with Crippen molar-refractivity contribution in [3.8, 4) is 0 Å². The molecule has 0 bridgehead atoms. The molecule has 98 valence electrons. The van der Waals surface area contributed by atoms with E-state index in [0.29, 0.717) is 0 Å². The predicted molar refractivity (Wildman–Crippen MR) is 77.7 cm³/mol. The van der Waals surface area contributed by atoms with E-state index in [2.05, 4.69) is 26.0 Å². The fraction of sp³-hybridized carbons (Fsp3) is 0.438. The molecular weight excluding hydrogens is 222 g/mol. The van der Waals surface area contributed by atoms with Crippen molar-refractivity contribution < 1.29 is 4.79 Å². The average Bonchev–Trinajstić information content (AvgIpc) is 2.29. The second kappa shape index (κ2) is 6.50. The van der Waals surface area contributed by atoms with E-state index >= 15 is 0 Å². The van der Waals surface area contributed by atoms with Crippen LogP contribution in [0.1, 0.15) is 23.6 Å². The van der Waals surface area contributed by atoms with E-state index in [0.717, 1.165) is 12.1 Å². The molecule has 2 heteroatoms. The maximum atomic E-state index is 11.9. The first-order chi connectivity index (χ1) is 8.40. The van der Waals surface area contributed by atoms with Gasteiger partial charge in [-0.3, -0.25) is 4.79 Å². The summed E-state index contributed by atoms with van der Waals surface area (Å²) in [6.07, 6.45) is 3.60. The molecule has 1 aromatic carbocycles. The molecular formula is C16H23NO. The standard InChI is InChI=1S/C16H23NO/c1-12-6-7-15(10-13(12)2)8-9-16(18)14(3)11-17(4)5/h6-10,14H,11H2,1-5H3/b9-8+/t14-/m0/s1. The van der Waals surface area contributed by atoms with Gasteiger partial charge in [0, 0.05) is 12.5 Å². The fourth-order valence-electron chi connectivity index (χ4n) is 1.85. The van der Waals surface area contributed by atoms with Gasteiger partial charge in [0.2, 0.25) is 0 Å². The van der Waals surface area contributed by atoms with Crippen LogP contribution in [-0.4, -0.2) is 31.3 Å². The lowest BCUT2D eigenvalue weighted by Crippen LogP contribution is -2.24. The van der Waals surface area contributed by atoms with Gasteiger partial charge in [0.25, 0.3) is 0 Å². The first-order valence-electron chi connectivity index (χ1n) is 6.34. The van der Waals surface area contributed by atoms with Crippen molar-refractivity contribution in [3.05, 3.63) is 41.0 Å². The zero-order chi connectivity index (χ0) is 13.7. The van der Waals surface area contributed by atoms with E-state index in [4.69, 9.17) is 0 Å². The number of allylic oxidation sites excluding steroid dienone is 1. The molecule has 0 amide bonds. The van der Waals surface area contributed by atoms with Gasteiger partial charge in [0.1, 0.15) is 0 Å². The summed E-state index contributed by atoms with van der Waals surface area (Å²) < 4.78 is 0. The predicted octanol–water partition coefficient (Wildman–Crippen LogP) is 3.08. The second-order valence-corrected chi connectivity index (χ2v) is 5.24. The van der Waals surface area contributed by atoms with Crippen LogP contribution in [0.3, 0.4) is 0 Å². The van der Waals surface area contributed by atoms with E-state index < -0.39 is 0 Å². The second-order valence-electron chi connectivity index (χ2n) is 5.24. The molecule has 2 nitrogen and oxygen atoms in total. The Morgan fingerprint density at radius 1 is 1.28 bits per heavy atom.